The van der Waals surface area contributed by atoms with Crippen molar-refractivity contribution in [3.63, 3.8) is 0 Å². The fourth-order valence-electron chi connectivity index (χ4n) is 8.78. The van der Waals surface area contributed by atoms with Gasteiger partial charge in [-0.2, -0.15) is 0 Å². The monoisotopic (exact) mass is 680 g/mol. The zero-order valence-corrected chi connectivity index (χ0v) is 30.0. The van der Waals surface area contributed by atoms with Gasteiger partial charge < -0.3 is 34.3 Å². The molecule has 0 spiro atoms. The lowest BCUT2D eigenvalue weighted by atomic mass is 9.72. The molecule has 2 heterocycles. The number of aliphatic hydroxyl groups excluding tert-OH is 2. The zero-order chi connectivity index (χ0) is 34.9. The van der Waals surface area contributed by atoms with E-state index in [0.717, 1.165) is 103 Å². The van der Waals surface area contributed by atoms with Gasteiger partial charge in [-0.15, -0.1) is 0 Å². The molecule has 0 bridgehead atoms. The molecular formula is C43H52O7. The predicted molar refractivity (Wildman–Crippen MR) is 194 cm³/mol. The van der Waals surface area contributed by atoms with Gasteiger partial charge in [0, 0.05) is 42.6 Å². The first kappa shape index (κ1) is 34.6. The van der Waals surface area contributed by atoms with Gasteiger partial charge in [-0.1, -0.05) is 52.0 Å². The lowest BCUT2D eigenvalue weighted by molar-refractivity contribution is 0.0195. The van der Waals surface area contributed by atoms with Gasteiger partial charge >= 0.3 is 0 Å². The van der Waals surface area contributed by atoms with Crippen molar-refractivity contribution in [2.24, 2.45) is 17.8 Å². The number of unbranched alkanes of at least 4 members (excludes halogenated alkanes) is 2. The summed E-state index contributed by atoms with van der Waals surface area (Å²) in [6, 6.07) is 11.9. The molecule has 1 saturated carbocycles. The normalized spacial score (nSPS) is 24.9. The van der Waals surface area contributed by atoms with Gasteiger partial charge in [0.1, 0.15) is 35.6 Å². The number of hydrogen-bond donors (Lipinski definition) is 3. The van der Waals surface area contributed by atoms with E-state index in [1.807, 2.05) is 30.3 Å². The Labute approximate surface area is 296 Å². The third-order valence-electron chi connectivity index (χ3n) is 11.3. The van der Waals surface area contributed by atoms with Crippen LogP contribution in [-0.2, 0) is 19.3 Å². The van der Waals surface area contributed by atoms with Crippen molar-refractivity contribution in [2.75, 3.05) is 13.7 Å². The minimum Gasteiger partial charge on any atom is -0.508 e. The van der Waals surface area contributed by atoms with Crippen LogP contribution in [0.3, 0.4) is 0 Å². The fraction of sp³-hybridized carbons (Fsp3) is 0.535. The van der Waals surface area contributed by atoms with Crippen molar-refractivity contribution >= 4 is 0 Å². The molecule has 3 N–H and O–H groups in total. The van der Waals surface area contributed by atoms with Crippen molar-refractivity contribution in [3.8, 4) is 51.9 Å². The largest absolute Gasteiger partial charge is 0.508 e. The van der Waals surface area contributed by atoms with Gasteiger partial charge in [0.05, 0.1) is 13.2 Å². The highest BCUT2D eigenvalue weighted by molar-refractivity contribution is 5.83. The number of phenols is 1. The lowest BCUT2D eigenvalue weighted by Gasteiger charge is -2.38. The second-order valence-electron chi connectivity index (χ2n) is 15.4. The number of ether oxygens (including phenoxy) is 4. The van der Waals surface area contributed by atoms with Crippen LogP contribution in [-0.4, -0.2) is 41.2 Å². The van der Waals surface area contributed by atoms with E-state index < -0.39 is 12.2 Å². The summed E-state index contributed by atoms with van der Waals surface area (Å²) in [5.41, 5.74) is 7.34. The van der Waals surface area contributed by atoms with Crippen LogP contribution in [0.2, 0.25) is 0 Å². The fourth-order valence-corrected chi connectivity index (χ4v) is 8.78. The number of rotatable bonds is 9. The summed E-state index contributed by atoms with van der Waals surface area (Å²) in [6.45, 7) is 6.72. The Kier molecular flexibility index (Phi) is 10.2. The SMILES string of the molecule is CCCCC[C@@H]1Cc2cc(O)c(CC(C)C)cc2-c2c(OC)cc3c(c21)C[C@@H](O)[C@H](c1ccc2c(c1)O[C@H]1C[C@@H](CO)CC[C@@H]1CC#CO2)O3. The molecule has 0 radical (unpaired) electrons. The van der Waals surface area contributed by atoms with Gasteiger partial charge in [0.2, 0.25) is 0 Å². The number of methoxy groups -OCH3 is 1. The Balaban J connectivity index is 1.27. The maximum atomic E-state index is 11.9. The van der Waals surface area contributed by atoms with E-state index >= 15 is 0 Å². The molecule has 7 heteroatoms. The first-order chi connectivity index (χ1) is 24.3. The van der Waals surface area contributed by atoms with E-state index in [1.165, 1.54) is 5.56 Å². The second kappa shape index (κ2) is 14.8. The standard InChI is InChI=1S/C43H52O7/c1-5-6-7-9-28-18-30-20-34(45)31(16-25(2)3)19-32(30)42-40(47-4)23-38-33(41(28)42)22-35(46)43(50-38)29-13-14-36-39(21-29)49-37-17-26(24-44)11-12-27(37)10-8-15-48-36/h13-14,19-21,23,25-28,35,37,43-46H,5-7,9-12,16-18,22,24H2,1-4H3/t26-,27-,28+,35+,37-,43-/m0/s1. The molecule has 50 heavy (non-hydrogen) atoms. The molecule has 0 amide bonds. The molecule has 2 aliphatic carbocycles. The highest BCUT2D eigenvalue weighted by Gasteiger charge is 2.39. The Morgan fingerprint density at radius 1 is 1.00 bits per heavy atom. The van der Waals surface area contributed by atoms with Crippen molar-refractivity contribution in [1.82, 2.24) is 0 Å². The summed E-state index contributed by atoms with van der Waals surface area (Å²) in [4.78, 5) is 0. The van der Waals surface area contributed by atoms with Crippen molar-refractivity contribution in [3.05, 3.63) is 64.2 Å². The van der Waals surface area contributed by atoms with E-state index in [-0.39, 0.29) is 30.5 Å². The molecule has 7 rings (SSSR count). The molecule has 0 aromatic heterocycles. The Hall–Kier alpha value is -3.86. The molecule has 4 aliphatic rings. The summed E-state index contributed by atoms with van der Waals surface area (Å²) in [6.07, 6.45) is 11.3. The number of aliphatic hydroxyl groups is 2. The van der Waals surface area contributed by atoms with Crippen molar-refractivity contribution in [2.45, 2.75) is 116 Å². The minimum atomic E-state index is -0.787. The molecule has 1 fully saturated rings. The van der Waals surface area contributed by atoms with Crippen LogP contribution in [0.4, 0.5) is 0 Å². The Bertz CT molecular complexity index is 1770. The molecule has 7 nitrogen and oxygen atoms in total. The zero-order valence-electron chi connectivity index (χ0n) is 30.0. The van der Waals surface area contributed by atoms with Gasteiger partial charge in [0.15, 0.2) is 11.5 Å². The van der Waals surface area contributed by atoms with Crippen LogP contribution in [0.5, 0.6) is 28.7 Å². The molecule has 0 saturated heterocycles. The topological polar surface area (TPSA) is 97.6 Å². The van der Waals surface area contributed by atoms with E-state index in [9.17, 15) is 15.3 Å². The number of aromatic hydroxyl groups is 1. The van der Waals surface area contributed by atoms with E-state index in [4.69, 9.17) is 18.9 Å². The van der Waals surface area contributed by atoms with Gasteiger partial charge in [0.25, 0.3) is 0 Å². The first-order valence-electron chi connectivity index (χ1n) is 18.8. The van der Waals surface area contributed by atoms with Gasteiger partial charge in [-0.25, -0.2) is 0 Å². The van der Waals surface area contributed by atoms with Gasteiger partial charge in [-0.05, 0) is 108 Å². The van der Waals surface area contributed by atoms with Crippen LogP contribution < -0.4 is 18.9 Å². The molecule has 0 unspecified atom stereocenters. The Morgan fingerprint density at radius 2 is 1.86 bits per heavy atom. The Morgan fingerprint density at radius 3 is 2.64 bits per heavy atom. The summed E-state index contributed by atoms with van der Waals surface area (Å²) in [5, 5.41) is 32.8. The summed E-state index contributed by atoms with van der Waals surface area (Å²) < 4.78 is 25.4. The maximum absolute atomic E-state index is 11.9. The van der Waals surface area contributed by atoms with Crippen LogP contribution >= 0.6 is 0 Å². The quantitative estimate of drug-likeness (QED) is 0.154. The lowest BCUT2D eigenvalue weighted by Crippen LogP contribution is -2.35. The molecular weight excluding hydrogens is 628 g/mol. The van der Waals surface area contributed by atoms with E-state index in [1.54, 1.807) is 7.11 Å². The van der Waals surface area contributed by atoms with Crippen molar-refractivity contribution in [1.29, 1.82) is 0 Å². The van der Waals surface area contributed by atoms with Crippen LogP contribution in [0.15, 0.2) is 36.4 Å². The maximum Gasteiger partial charge on any atom is 0.182 e. The summed E-state index contributed by atoms with van der Waals surface area (Å²) in [7, 11) is 1.71. The highest BCUT2D eigenvalue weighted by atomic mass is 16.5. The third kappa shape index (κ3) is 6.77. The van der Waals surface area contributed by atoms with Crippen molar-refractivity contribution < 1.29 is 34.3 Å². The van der Waals surface area contributed by atoms with Crippen LogP contribution in [0.25, 0.3) is 11.1 Å². The molecule has 2 aliphatic heterocycles. The molecule has 3 aromatic rings. The average molecular weight is 681 g/mol. The molecule has 6 atom stereocenters. The number of phenolic OH excluding ortho intramolecular Hbond substituents is 1. The third-order valence-corrected chi connectivity index (χ3v) is 11.3. The number of fused-ring (bicyclic) bond motifs is 7. The molecule has 3 aromatic carbocycles. The van der Waals surface area contributed by atoms with Crippen LogP contribution in [0, 0.1) is 29.8 Å². The highest BCUT2D eigenvalue weighted by Crippen LogP contribution is 2.54. The minimum absolute atomic E-state index is 0.0740. The smallest absolute Gasteiger partial charge is 0.182 e. The second-order valence-corrected chi connectivity index (χ2v) is 15.4. The number of hydrogen-bond acceptors (Lipinski definition) is 7. The average Bonchev–Trinajstić information content (AvgIpc) is 3.19. The van der Waals surface area contributed by atoms with E-state index in [2.05, 4.69) is 38.9 Å². The summed E-state index contributed by atoms with van der Waals surface area (Å²) >= 11 is 0. The first-order valence-corrected chi connectivity index (χ1v) is 18.8. The number of benzene rings is 3. The van der Waals surface area contributed by atoms with Crippen LogP contribution in [0.1, 0.15) is 112 Å². The van der Waals surface area contributed by atoms with E-state index in [0.29, 0.717) is 36.0 Å². The van der Waals surface area contributed by atoms with Gasteiger partial charge in [-0.3, -0.25) is 0 Å². The molecule has 266 valence electrons. The summed E-state index contributed by atoms with van der Waals surface area (Å²) in [5.74, 6) is 7.27. The predicted octanol–water partition coefficient (Wildman–Crippen LogP) is 8.42.